The monoisotopic (exact) mass is 525 g/mol. The molecule has 0 atom stereocenters. The number of nitrogens with zero attached hydrogens (tertiary/aromatic N) is 3. The maximum absolute atomic E-state index is 13.8. The summed E-state index contributed by atoms with van der Waals surface area (Å²) in [6.07, 6.45) is 0. The Morgan fingerprint density at radius 3 is 2.42 bits per heavy atom. The predicted octanol–water partition coefficient (Wildman–Crippen LogP) is 4.45. The van der Waals surface area contributed by atoms with E-state index in [4.69, 9.17) is 4.74 Å². The molecule has 1 amide bonds. The van der Waals surface area contributed by atoms with Crippen LogP contribution in [0.5, 0.6) is 0 Å². The first kappa shape index (κ1) is 24.2. The normalized spacial score (nSPS) is 13.8. The molecule has 186 valence electrons. The van der Waals surface area contributed by atoms with Gasteiger partial charge in [-0.05, 0) is 47.5 Å². The third kappa shape index (κ3) is 4.54. The first-order valence-corrected chi connectivity index (χ1v) is 13.4. The number of amides is 1. The van der Waals surface area contributed by atoms with Crippen LogP contribution in [0.3, 0.4) is 0 Å². The number of benzene rings is 1. The Morgan fingerprint density at radius 1 is 1.00 bits per heavy atom. The van der Waals surface area contributed by atoms with Crippen molar-refractivity contribution in [2.24, 2.45) is 0 Å². The minimum absolute atomic E-state index is 0.00746. The lowest BCUT2D eigenvalue weighted by molar-refractivity contribution is 0.0523. The van der Waals surface area contributed by atoms with Crippen molar-refractivity contribution in [3.8, 4) is 0 Å². The van der Waals surface area contributed by atoms with Gasteiger partial charge in [0.2, 0.25) is 0 Å². The standard InChI is InChI=1S/C26H24FN3O4S2/c1-2-34-26(33)21-22(28-10-12-29(13-11-28)24(31)20-4-3-14-35-20)23-19(9-15-36-23)30(25(21)32)16-17-5-7-18(27)8-6-17/h3-9,14-15H,2,10-13,16H2,1H3. The van der Waals surface area contributed by atoms with Crippen LogP contribution in [0.1, 0.15) is 32.5 Å². The molecule has 0 aliphatic carbocycles. The van der Waals surface area contributed by atoms with Crippen LogP contribution in [0.15, 0.2) is 58.0 Å². The highest BCUT2D eigenvalue weighted by Gasteiger charge is 2.31. The molecular weight excluding hydrogens is 501 g/mol. The van der Waals surface area contributed by atoms with Gasteiger partial charge in [-0.15, -0.1) is 22.7 Å². The predicted molar refractivity (Wildman–Crippen MR) is 140 cm³/mol. The molecule has 7 nitrogen and oxygen atoms in total. The number of hydrogen-bond acceptors (Lipinski definition) is 7. The molecule has 0 bridgehead atoms. The second-order valence-corrected chi connectivity index (χ2v) is 10.2. The van der Waals surface area contributed by atoms with Gasteiger partial charge in [0.25, 0.3) is 11.5 Å². The highest BCUT2D eigenvalue weighted by molar-refractivity contribution is 7.17. The van der Waals surface area contributed by atoms with Gasteiger partial charge in [0.15, 0.2) is 0 Å². The number of halogens is 1. The molecule has 4 heterocycles. The fourth-order valence-electron chi connectivity index (χ4n) is 4.46. The molecule has 1 aromatic carbocycles. The molecule has 0 radical (unpaired) electrons. The maximum Gasteiger partial charge on any atom is 0.345 e. The number of pyridine rings is 1. The number of piperazine rings is 1. The fraction of sp³-hybridized carbons (Fsp3) is 0.269. The minimum Gasteiger partial charge on any atom is -0.462 e. The van der Waals surface area contributed by atoms with E-state index in [1.165, 1.54) is 34.8 Å². The van der Waals surface area contributed by atoms with Crippen molar-refractivity contribution in [3.05, 3.63) is 85.4 Å². The maximum atomic E-state index is 13.8. The summed E-state index contributed by atoms with van der Waals surface area (Å²) >= 11 is 2.86. The molecule has 1 fully saturated rings. The summed E-state index contributed by atoms with van der Waals surface area (Å²) in [5, 5.41) is 3.77. The summed E-state index contributed by atoms with van der Waals surface area (Å²) in [5.41, 5.74) is 1.55. The molecule has 0 unspecified atom stereocenters. The zero-order chi connectivity index (χ0) is 25.2. The van der Waals surface area contributed by atoms with E-state index >= 15 is 0 Å². The van der Waals surface area contributed by atoms with Crippen molar-refractivity contribution in [2.75, 3.05) is 37.7 Å². The molecule has 36 heavy (non-hydrogen) atoms. The number of hydrogen-bond donors (Lipinski definition) is 0. The number of anilines is 1. The van der Waals surface area contributed by atoms with Crippen LogP contribution in [-0.4, -0.2) is 54.1 Å². The van der Waals surface area contributed by atoms with Gasteiger partial charge in [0.05, 0.1) is 33.9 Å². The number of esters is 1. The number of carbonyl (C=O) groups is 2. The van der Waals surface area contributed by atoms with Crippen molar-refractivity contribution in [1.82, 2.24) is 9.47 Å². The van der Waals surface area contributed by atoms with Gasteiger partial charge < -0.3 is 19.1 Å². The van der Waals surface area contributed by atoms with Crippen molar-refractivity contribution < 1.29 is 18.7 Å². The van der Waals surface area contributed by atoms with Crippen LogP contribution in [0.25, 0.3) is 10.2 Å². The van der Waals surface area contributed by atoms with E-state index in [2.05, 4.69) is 0 Å². The molecular formula is C26H24FN3O4S2. The van der Waals surface area contributed by atoms with Gasteiger partial charge in [-0.2, -0.15) is 0 Å². The number of thiophene rings is 2. The second kappa shape index (κ2) is 10.2. The first-order chi connectivity index (χ1) is 17.5. The highest BCUT2D eigenvalue weighted by atomic mass is 32.1. The zero-order valence-corrected chi connectivity index (χ0v) is 21.2. The topological polar surface area (TPSA) is 71.8 Å². The van der Waals surface area contributed by atoms with E-state index in [0.29, 0.717) is 42.3 Å². The lowest BCUT2D eigenvalue weighted by Crippen LogP contribution is -2.49. The lowest BCUT2D eigenvalue weighted by Gasteiger charge is -2.36. The minimum atomic E-state index is -0.669. The summed E-state index contributed by atoms with van der Waals surface area (Å²) < 4.78 is 21.1. The average molecular weight is 526 g/mol. The van der Waals surface area contributed by atoms with E-state index in [1.54, 1.807) is 28.5 Å². The molecule has 5 rings (SSSR count). The zero-order valence-electron chi connectivity index (χ0n) is 19.6. The summed E-state index contributed by atoms with van der Waals surface area (Å²) in [6, 6.07) is 11.5. The molecule has 10 heteroatoms. The van der Waals surface area contributed by atoms with Gasteiger partial charge in [-0.1, -0.05) is 18.2 Å². The summed E-state index contributed by atoms with van der Waals surface area (Å²) in [5.74, 6) is -1.03. The second-order valence-electron chi connectivity index (χ2n) is 8.35. The van der Waals surface area contributed by atoms with E-state index in [-0.39, 0.29) is 30.4 Å². The molecule has 4 aromatic rings. The van der Waals surface area contributed by atoms with E-state index in [9.17, 15) is 18.8 Å². The van der Waals surface area contributed by atoms with Crippen molar-refractivity contribution in [2.45, 2.75) is 13.5 Å². The largest absolute Gasteiger partial charge is 0.462 e. The number of fused-ring (bicyclic) bond motifs is 1. The summed E-state index contributed by atoms with van der Waals surface area (Å²) in [4.78, 5) is 44.2. The molecule has 3 aromatic heterocycles. The Balaban J connectivity index is 1.53. The van der Waals surface area contributed by atoms with Crippen LogP contribution >= 0.6 is 22.7 Å². The Morgan fingerprint density at radius 2 is 1.75 bits per heavy atom. The number of ether oxygens (including phenoxy) is 1. The highest BCUT2D eigenvalue weighted by Crippen LogP contribution is 2.34. The molecule has 1 saturated heterocycles. The molecule has 1 aliphatic rings. The third-order valence-electron chi connectivity index (χ3n) is 6.19. The number of aromatic nitrogens is 1. The molecule has 0 N–H and O–H groups in total. The third-order valence-corrected chi connectivity index (χ3v) is 7.96. The Hall–Kier alpha value is -3.50. The Labute approximate surface area is 214 Å². The van der Waals surface area contributed by atoms with Crippen LogP contribution < -0.4 is 10.5 Å². The van der Waals surface area contributed by atoms with Gasteiger partial charge >= 0.3 is 5.97 Å². The van der Waals surface area contributed by atoms with Crippen molar-refractivity contribution >= 4 is 50.5 Å². The van der Waals surface area contributed by atoms with Crippen molar-refractivity contribution in [1.29, 1.82) is 0 Å². The Kier molecular flexibility index (Phi) is 6.88. The number of carbonyl (C=O) groups excluding carboxylic acids is 2. The van der Waals surface area contributed by atoms with Crippen LogP contribution in [0.2, 0.25) is 0 Å². The van der Waals surface area contributed by atoms with E-state index < -0.39 is 11.5 Å². The summed E-state index contributed by atoms with van der Waals surface area (Å²) in [6.45, 7) is 3.96. The first-order valence-electron chi connectivity index (χ1n) is 11.6. The van der Waals surface area contributed by atoms with Crippen LogP contribution in [-0.2, 0) is 11.3 Å². The number of rotatable bonds is 6. The average Bonchev–Trinajstić information content (AvgIpc) is 3.59. The van der Waals surface area contributed by atoms with Crippen LogP contribution in [0, 0.1) is 5.82 Å². The van der Waals surface area contributed by atoms with Gasteiger partial charge in [0.1, 0.15) is 11.4 Å². The van der Waals surface area contributed by atoms with Gasteiger partial charge in [0, 0.05) is 26.2 Å². The van der Waals surface area contributed by atoms with Gasteiger partial charge in [-0.3, -0.25) is 9.59 Å². The smallest absolute Gasteiger partial charge is 0.345 e. The fourth-order valence-corrected chi connectivity index (χ4v) is 6.12. The SMILES string of the molecule is CCOC(=O)c1c(N2CCN(C(=O)c3cccs3)CC2)c2sccc2n(Cc2ccc(F)cc2)c1=O. The molecule has 0 spiro atoms. The van der Waals surface area contributed by atoms with E-state index in [0.717, 1.165) is 10.3 Å². The Bertz CT molecular complexity index is 1450. The quantitative estimate of drug-likeness (QED) is 0.348. The van der Waals surface area contributed by atoms with Crippen LogP contribution in [0.4, 0.5) is 10.1 Å². The van der Waals surface area contributed by atoms with Gasteiger partial charge in [-0.25, -0.2) is 9.18 Å². The van der Waals surface area contributed by atoms with E-state index in [1.807, 2.05) is 33.9 Å². The molecule has 1 aliphatic heterocycles. The summed E-state index contributed by atoms with van der Waals surface area (Å²) in [7, 11) is 0. The molecule has 0 saturated carbocycles. The lowest BCUT2D eigenvalue weighted by atomic mass is 10.1. The van der Waals surface area contributed by atoms with Crippen molar-refractivity contribution in [3.63, 3.8) is 0 Å².